The van der Waals surface area contributed by atoms with Crippen LogP contribution in [0.1, 0.15) is 31.2 Å². The van der Waals surface area contributed by atoms with Crippen LogP contribution in [0.15, 0.2) is 59.7 Å². The van der Waals surface area contributed by atoms with Crippen molar-refractivity contribution in [3.8, 4) is 11.1 Å². The Kier molecular flexibility index (Phi) is 5.93. The normalized spacial score (nSPS) is 11.7. The molecule has 2 heterocycles. The third kappa shape index (κ3) is 4.47. The third-order valence-electron chi connectivity index (χ3n) is 5.34. The zero-order chi connectivity index (χ0) is 23.0. The van der Waals surface area contributed by atoms with E-state index in [1.165, 1.54) is 27.8 Å². The molecular weight excluding hydrogens is 442 g/mol. The molecule has 7 heteroatoms. The van der Waals surface area contributed by atoms with Gasteiger partial charge in [0.2, 0.25) is 5.91 Å². The van der Waals surface area contributed by atoms with Gasteiger partial charge in [0.15, 0.2) is 0 Å². The molecule has 0 unspecified atom stereocenters. The van der Waals surface area contributed by atoms with Crippen LogP contribution in [0, 0.1) is 6.92 Å². The van der Waals surface area contributed by atoms with Crippen LogP contribution >= 0.6 is 22.9 Å². The number of anilines is 1. The summed E-state index contributed by atoms with van der Waals surface area (Å²) < 4.78 is 1.35. The summed E-state index contributed by atoms with van der Waals surface area (Å²) in [5.41, 5.74) is 3.42. The number of aromatic nitrogens is 2. The molecule has 1 amide bonds. The van der Waals surface area contributed by atoms with E-state index in [0.717, 1.165) is 16.0 Å². The van der Waals surface area contributed by atoms with Gasteiger partial charge >= 0.3 is 0 Å². The number of benzene rings is 2. The lowest BCUT2D eigenvalue weighted by molar-refractivity contribution is -0.116. The van der Waals surface area contributed by atoms with Gasteiger partial charge < -0.3 is 5.32 Å². The second-order valence-electron chi connectivity index (χ2n) is 8.77. The van der Waals surface area contributed by atoms with E-state index in [0.29, 0.717) is 20.9 Å². The Morgan fingerprint density at radius 2 is 1.75 bits per heavy atom. The van der Waals surface area contributed by atoms with Crippen LogP contribution in [0.4, 0.5) is 5.69 Å². The lowest BCUT2D eigenvalue weighted by atomic mass is 9.87. The van der Waals surface area contributed by atoms with Crippen molar-refractivity contribution >= 4 is 44.7 Å². The van der Waals surface area contributed by atoms with Crippen molar-refractivity contribution in [1.82, 2.24) is 9.55 Å². The molecular formula is C25H24ClN3O2S. The number of thiophene rings is 1. The molecule has 164 valence electrons. The van der Waals surface area contributed by atoms with Gasteiger partial charge in [0, 0.05) is 21.2 Å². The fraction of sp³-hybridized carbons (Fsp3) is 0.240. The van der Waals surface area contributed by atoms with Crippen LogP contribution in [-0.4, -0.2) is 15.5 Å². The minimum absolute atomic E-state index is 0.0391. The molecule has 4 rings (SSSR count). The van der Waals surface area contributed by atoms with Gasteiger partial charge in [-0.1, -0.05) is 56.6 Å². The van der Waals surface area contributed by atoms with Gasteiger partial charge in [-0.05, 0) is 47.7 Å². The molecule has 0 bridgehead atoms. The van der Waals surface area contributed by atoms with Gasteiger partial charge in [0.05, 0.1) is 11.7 Å². The maximum absolute atomic E-state index is 13.3. The lowest BCUT2D eigenvalue weighted by Crippen LogP contribution is -2.27. The molecule has 0 aliphatic heterocycles. The maximum atomic E-state index is 13.3. The summed E-state index contributed by atoms with van der Waals surface area (Å²) in [7, 11) is 0. The van der Waals surface area contributed by atoms with E-state index in [1.807, 2.05) is 43.3 Å². The molecule has 32 heavy (non-hydrogen) atoms. The fourth-order valence-electron chi connectivity index (χ4n) is 3.62. The highest BCUT2D eigenvalue weighted by molar-refractivity contribution is 7.19. The first-order valence-electron chi connectivity index (χ1n) is 10.3. The van der Waals surface area contributed by atoms with Crippen LogP contribution in [0.5, 0.6) is 0 Å². The zero-order valence-corrected chi connectivity index (χ0v) is 20.0. The molecule has 1 N–H and O–H groups in total. The first-order chi connectivity index (χ1) is 15.1. The smallest absolute Gasteiger partial charge is 0.263 e. The van der Waals surface area contributed by atoms with E-state index < -0.39 is 0 Å². The van der Waals surface area contributed by atoms with Gasteiger partial charge in [-0.2, -0.15) is 0 Å². The topological polar surface area (TPSA) is 64.0 Å². The molecule has 0 saturated carbocycles. The number of nitrogens with one attached hydrogen (secondary N) is 1. The van der Waals surface area contributed by atoms with Gasteiger partial charge in [0.25, 0.3) is 5.56 Å². The largest absolute Gasteiger partial charge is 0.325 e. The minimum Gasteiger partial charge on any atom is -0.325 e. The average Bonchev–Trinajstić information content (AvgIpc) is 3.07. The molecule has 4 aromatic rings. The molecule has 0 radical (unpaired) electrons. The second-order valence-corrected chi connectivity index (χ2v) is 10.4. The molecule has 0 aliphatic carbocycles. The van der Waals surface area contributed by atoms with E-state index in [1.54, 1.807) is 12.1 Å². The number of hydrogen-bond donors (Lipinski definition) is 1. The molecule has 0 saturated heterocycles. The van der Waals surface area contributed by atoms with Gasteiger partial charge in [0.1, 0.15) is 11.4 Å². The summed E-state index contributed by atoms with van der Waals surface area (Å²) in [6.07, 6.45) is 1.44. The van der Waals surface area contributed by atoms with Crippen molar-refractivity contribution in [2.24, 2.45) is 0 Å². The Labute approximate surface area is 195 Å². The molecule has 2 aromatic heterocycles. The minimum atomic E-state index is -0.281. The summed E-state index contributed by atoms with van der Waals surface area (Å²) in [4.78, 5) is 32.0. The monoisotopic (exact) mass is 465 g/mol. The molecule has 5 nitrogen and oxygen atoms in total. The van der Waals surface area contributed by atoms with Crippen LogP contribution in [0.25, 0.3) is 21.3 Å². The summed E-state index contributed by atoms with van der Waals surface area (Å²) in [5, 5.41) is 4.02. The number of fused-ring (bicyclic) bond motifs is 1. The van der Waals surface area contributed by atoms with Crippen molar-refractivity contribution in [3.63, 3.8) is 0 Å². The van der Waals surface area contributed by atoms with Crippen LogP contribution in [0.2, 0.25) is 5.02 Å². The lowest BCUT2D eigenvalue weighted by Gasteiger charge is -2.19. The Hall–Kier alpha value is -2.96. The first kappa shape index (κ1) is 22.2. The van der Waals surface area contributed by atoms with E-state index in [2.05, 4.69) is 31.1 Å². The quantitative estimate of drug-likeness (QED) is 0.400. The average molecular weight is 466 g/mol. The summed E-state index contributed by atoms with van der Waals surface area (Å²) in [5.74, 6) is -0.281. The Morgan fingerprint density at radius 3 is 2.38 bits per heavy atom. The standard InChI is InChI=1S/C25H24ClN3O2S/c1-15-21(16-5-9-18(26)10-6-16)22-23(32-15)27-14-29(24(22)31)13-20(30)28-19-11-7-17(8-12-19)25(2,3)4/h5-12,14H,13H2,1-4H3,(H,28,30). The van der Waals surface area contributed by atoms with Crippen molar-refractivity contribution in [1.29, 1.82) is 0 Å². The van der Waals surface area contributed by atoms with Crippen LogP contribution in [-0.2, 0) is 16.8 Å². The van der Waals surface area contributed by atoms with E-state index in [-0.39, 0.29) is 23.4 Å². The SMILES string of the molecule is Cc1sc2ncn(CC(=O)Nc3ccc(C(C)(C)C)cc3)c(=O)c2c1-c1ccc(Cl)cc1. The molecule has 0 aliphatic rings. The van der Waals surface area contributed by atoms with E-state index >= 15 is 0 Å². The van der Waals surface area contributed by atoms with Crippen molar-refractivity contribution in [3.05, 3.63) is 80.7 Å². The zero-order valence-electron chi connectivity index (χ0n) is 18.4. The van der Waals surface area contributed by atoms with Gasteiger partial charge in [-0.25, -0.2) is 4.98 Å². The van der Waals surface area contributed by atoms with Crippen molar-refractivity contribution < 1.29 is 4.79 Å². The molecule has 0 fully saturated rings. The summed E-state index contributed by atoms with van der Waals surface area (Å²) in [6, 6.07) is 15.1. The number of halogens is 1. The third-order valence-corrected chi connectivity index (χ3v) is 6.60. The highest BCUT2D eigenvalue weighted by Crippen LogP contribution is 2.35. The molecule has 0 spiro atoms. The van der Waals surface area contributed by atoms with E-state index in [9.17, 15) is 9.59 Å². The highest BCUT2D eigenvalue weighted by Gasteiger charge is 2.18. The number of nitrogens with zero attached hydrogens (tertiary/aromatic N) is 2. The predicted molar refractivity (Wildman–Crippen MR) is 133 cm³/mol. The maximum Gasteiger partial charge on any atom is 0.263 e. The Morgan fingerprint density at radius 1 is 1.09 bits per heavy atom. The van der Waals surface area contributed by atoms with E-state index in [4.69, 9.17) is 11.6 Å². The molecule has 0 atom stereocenters. The first-order valence-corrected chi connectivity index (χ1v) is 11.5. The Bertz CT molecular complexity index is 1350. The number of hydrogen-bond acceptors (Lipinski definition) is 4. The number of carbonyl (C=O) groups is 1. The summed E-state index contributed by atoms with van der Waals surface area (Å²) >= 11 is 7.49. The number of carbonyl (C=O) groups excluding carboxylic acids is 1. The second kappa shape index (κ2) is 8.52. The Balaban J connectivity index is 1.62. The van der Waals surface area contributed by atoms with Crippen LogP contribution in [0.3, 0.4) is 0 Å². The number of rotatable bonds is 4. The van der Waals surface area contributed by atoms with Gasteiger partial charge in [-0.15, -0.1) is 11.3 Å². The van der Waals surface area contributed by atoms with Gasteiger partial charge in [-0.3, -0.25) is 14.2 Å². The van der Waals surface area contributed by atoms with Crippen molar-refractivity contribution in [2.45, 2.75) is 39.7 Å². The predicted octanol–water partition coefficient (Wildman–Crippen LogP) is 6.02. The molecule has 2 aromatic carbocycles. The number of amides is 1. The highest BCUT2D eigenvalue weighted by atomic mass is 35.5. The summed E-state index contributed by atoms with van der Waals surface area (Å²) in [6.45, 7) is 8.27. The van der Waals surface area contributed by atoms with Crippen LogP contribution < -0.4 is 10.9 Å². The number of aryl methyl sites for hydroxylation is 1. The fourth-order valence-corrected chi connectivity index (χ4v) is 4.75. The van der Waals surface area contributed by atoms with Crippen molar-refractivity contribution in [2.75, 3.05) is 5.32 Å².